The van der Waals surface area contributed by atoms with E-state index >= 15 is 0 Å². The van der Waals surface area contributed by atoms with E-state index in [4.69, 9.17) is 4.74 Å². The first-order chi connectivity index (χ1) is 12.5. The number of para-hydroxylation sites is 1. The highest BCUT2D eigenvalue weighted by Gasteiger charge is 2.22. The lowest BCUT2D eigenvalue weighted by molar-refractivity contribution is -0.136. The Morgan fingerprint density at radius 3 is 2.46 bits per heavy atom. The van der Waals surface area contributed by atoms with Crippen LogP contribution in [0.2, 0.25) is 0 Å². The summed E-state index contributed by atoms with van der Waals surface area (Å²) in [5.74, 6) is 1.82. The van der Waals surface area contributed by atoms with Gasteiger partial charge in [0.1, 0.15) is 5.75 Å². The third kappa shape index (κ3) is 6.70. The predicted molar refractivity (Wildman–Crippen MR) is 103 cm³/mol. The summed E-state index contributed by atoms with van der Waals surface area (Å²) >= 11 is 0. The third-order valence-corrected chi connectivity index (χ3v) is 4.78. The molecule has 0 saturated carbocycles. The zero-order chi connectivity index (χ0) is 18.9. The maximum absolute atomic E-state index is 12.6. The molecule has 5 nitrogen and oxygen atoms in total. The van der Waals surface area contributed by atoms with Gasteiger partial charge in [0.05, 0.1) is 0 Å². The fraction of sp³-hybridized carbons (Fsp3) is 0.619. The number of hydrogen-bond acceptors (Lipinski definition) is 3. The molecule has 1 saturated heterocycles. The van der Waals surface area contributed by atoms with Crippen LogP contribution in [0.1, 0.15) is 40.0 Å². The van der Waals surface area contributed by atoms with Crippen LogP contribution in [-0.2, 0) is 9.59 Å². The Balaban J connectivity index is 1.83. The van der Waals surface area contributed by atoms with Crippen molar-refractivity contribution >= 4 is 11.8 Å². The molecule has 2 amide bonds. The predicted octanol–water partition coefficient (Wildman–Crippen LogP) is 3.20. The molecule has 0 radical (unpaired) electrons. The molecule has 2 rings (SSSR count). The van der Waals surface area contributed by atoms with Crippen molar-refractivity contribution < 1.29 is 14.3 Å². The molecule has 0 aliphatic carbocycles. The number of carbonyl (C=O) groups excluding carboxylic acids is 2. The van der Waals surface area contributed by atoms with E-state index in [2.05, 4.69) is 20.8 Å². The Labute approximate surface area is 157 Å². The lowest BCUT2D eigenvalue weighted by Gasteiger charge is -2.31. The van der Waals surface area contributed by atoms with Crippen LogP contribution in [0, 0.1) is 11.8 Å². The van der Waals surface area contributed by atoms with Gasteiger partial charge in [-0.25, -0.2) is 0 Å². The van der Waals surface area contributed by atoms with E-state index in [9.17, 15) is 9.59 Å². The first kappa shape index (κ1) is 20.3. The first-order valence-corrected chi connectivity index (χ1v) is 9.69. The van der Waals surface area contributed by atoms with Crippen molar-refractivity contribution in [1.82, 2.24) is 9.80 Å². The minimum Gasteiger partial charge on any atom is -0.484 e. The van der Waals surface area contributed by atoms with Gasteiger partial charge in [-0.2, -0.15) is 0 Å². The van der Waals surface area contributed by atoms with Crippen LogP contribution in [0.5, 0.6) is 5.75 Å². The van der Waals surface area contributed by atoms with Crippen molar-refractivity contribution in [2.24, 2.45) is 11.8 Å². The maximum Gasteiger partial charge on any atom is 0.260 e. The van der Waals surface area contributed by atoms with Crippen molar-refractivity contribution in [3.8, 4) is 5.75 Å². The molecular formula is C21H32N2O3. The molecule has 0 N–H and O–H groups in total. The number of likely N-dealkylation sites (tertiary alicyclic amines) is 1. The van der Waals surface area contributed by atoms with Gasteiger partial charge < -0.3 is 14.5 Å². The average Bonchev–Trinajstić information content (AvgIpc) is 2.64. The van der Waals surface area contributed by atoms with E-state index < -0.39 is 0 Å². The van der Waals surface area contributed by atoms with Crippen LogP contribution in [0.4, 0.5) is 0 Å². The van der Waals surface area contributed by atoms with Crippen LogP contribution in [-0.4, -0.2) is 54.4 Å². The molecule has 0 atom stereocenters. The van der Waals surface area contributed by atoms with Gasteiger partial charge in [0.2, 0.25) is 5.91 Å². The van der Waals surface area contributed by atoms with Crippen LogP contribution in [0.25, 0.3) is 0 Å². The van der Waals surface area contributed by atoms with E-state index in [-0.39, 0.29) is 18.4 Å². The van der Waals surface area contributed by atoms with E-state index in [0.29, 0.717) is 37.1 Å². The van der Waals surface area contributed by atoms with Crippen LogP contribution in [0.3, 0.4) is 0 Å². The highest BCUT2D eigenvalue weighted by Crippen LogP contribution is 2.17. The third-order valence-electron chi connectivity index (χ3n) is 4.78. The topological polar surface area (TPSA) is 49.9 Å². The Morgan fingerprint density at radius 2 is 1.85 bits per heavy atom. The zero-order valence-corrected chi connectivity index (χ0v) is 16.3. The fourth-order valence-corrected chi connectivity index (χ4v) is 3.16. The highest BCUT2D eigenvalue weighted by molar-refractivity contribution is 5.80. The Hall–Kier alpha value is -2.04. The molecular weight excluding hydrogens is 328 g/mol. The minimum atomic E-state index is -0.0670. The molecule has 0 spiro atoms. The van der Waals surface area contributed by atoms with Gasteiger partial charge >= 0.3 is 0 Å². The lowest BCUT2D eigenvalue weighted by Crippen LogP contribution is -2.42. The van der Waals surface area contributed by atoms with Crippen LogP contribution < -0.4 is 4.74 Å². The summed E-state index contributed by atoms with van der Waals surface area (Å²) in [7, 11) is 0. The first-order valence-electron chi connectivity index (χ1n) is 9.69. The van der Waals surface area contributed by atoms with Gasteiger partial charge in [0.25, 0.3) is 5.91 Å². The van der Waals surface area contributed by atoms with Gasteiger partial charge in [0.15, 0.2) is 6.61 Å². The number of ether oxygens (including phenoxy) is 1. The van der Waals surface area contributed by atoms with Gasteiger partial charge in [0, 0.05) is 32.6 Å². The summed E-state index contributed by atoms with van der Waals surface area (Å²) in [6, 6.07) is 9.34. The molecule has 1 aliphatic heterocycles. The van der Waals surface area contributed by atoms with Crippen LogP contribution in [0.15, 0.2) is 30.3 Å². The van der Waals surface area contributed by atoms with Crippen molar-refractivity contribution in [1.29, 1.82) is 0 Å². The van der Waals surface area contributed by atoms with E-state index in [1.165, 1.54) is 0 Å². The number of amides is 2. The number of benzene rings is 1. The second kappa shape index (κ2) is 10.2. The summed E-state index contributed by atoms with van der Waals surface area (Å²) in [6.07, 6.45) is 2.54. The Morgan fingerprint density at radius 1 is 1.19 bits per heavy atom. The van der Waals surface area contributed by atoms with Crippen molar-refractivity contribution in [2.75, 3.05) is 32.8 Å². The van der Waals surface area contributed by atoms with Gasteiger partial charge in [-0.1, -0.05) is 39.0 Å². The molecule has 26 heavy (non-hydrogen) atoms. The number of hydrogen-bond donors (Lipinski definition) is 0. The highest BCUT2D eigenvalue weighted by atomic mass is 16.5. The monoisotopic (exact) mass is 360 g/mol. The van der Waals surface area contributed by atoms with Gasteiger partial charge in [-0.05, 0) is 36.8 Å². The zero-order valence-electron chi connectivity index (χ0n) is 16.3. The molecule has 0 unspecified atom stereocenters. The van der Waals surface area contributed by atoms with Crippen LogP contribution >= 0.6 is 0 Å². The average molecular weight is 360 g/mol. The van der Waals surface area contributed by atoms with E-state index in [1.54, 1.807) is 4.90 Å². The second-order valence-electron chi connectivity index (χ2n) is 7.65. The normalized spacial score (nSPS) is 15.2. The largest absolute Gasteiger partial charge is 0.484 e. The molecule has 144 valence electrons. The summed E-state index contributed by atoms with van der Waals surface area (Å²) in [5, 5.41) is 0. The molecule has 1 aromatic carbocycles. The Kier molecular flexibility index (Phi) is 7.95. The SMILES string of the molecule is CC(C)CN(CCC(=O)N1CCC(C)CC1)C(=O)COc1ccccc1. The van der Waals surface area contributed by atoms with Gasteiger partial charge in [-0.3, -0.25) is 9.59 Å². The Bertz CT molecular complexity index is 566. The lowest BCUT2D eigenvalue weighted by atomic mass is 9.99. The number of piperidine rings is 1. The van der Waals surface area contributed by atoms with Crippen molar-refractivity contribution in [3.05, 3.63) is 30.3 Å². The minimum absolute atomic E-state index is 0.00610. The molecule has 5 heteroatoms. The molecule has 1 aliphatic rings. The van der Waals surface area contributed by atoms with E-state index in [1.807, 2.05) is 35.2 Å². The molecule has 1 heterocycles. The van der Waals surface area contributed by atoms with Gasteiger partial charge in [-0.15, -0.1) is 0 Å². The second-order valence-corrected chi connectivity index (χ2v) is 7.65. The number of carbonyl (C=O) groups is 2. The molecule has 1 aromatic rings. The fourth-order valence-electron chi connectivity index (χ4n) is 3.16. The summed E-state index contributed by atoms with van der Waals surface area (Å²) in [6.45, 7) is 9.17. The molecule has 0 aromatic heterocycles. The summed E-state index contributed by atoms with van der Waals surface area (Å²) in [4.78, 5) is 28.7. The number of rotatable bonds is 8. The molecule has 0 bridgehead atoms. The maximum atomic E-state index is 12.6. The smallest absolute Gasteiger partial charge is 0.260 e. The van der Waals surface area contributed by atoms with E-state index in [0.717, 1.165) is 25.9 Å². The quantitative estimate of drug-likeness (QED) is 0.715. The number of nitrogens with zero attached hydrogens (tertiary/aromatic N) is 2. The molecule has 1 fully saturated rings. The van der Waals surface area contributed by atoms with Crippen molar-refractivity contribution in [2.45, 2.75) is 40.0 Å². The summed E-state index contributed by atoms with van der Waals surface area (Å²) in [5.41, 5.74) is 0. The standard InChI is InChI=1S/C21H32N2O3/c1-17(2)15-23(21(25)16-26-19-7-5-4-6-8-19)14-11-20(24)22-12-9-18(3)10-13-22/h4-8,17-18H,9-16H2,1-3H3. The summed E-state index contributed by atoms with van der Waals surface area (Å²) < 4.78 is 5.58. The van der Waals surface area contributed by atoms with Crippen molar-refractivity contribution in [3.63, 3.8) is 0 Å².